The van der Waals surface area contributed by atoms with E-state index in [1.165, 1.54) is 18.5 Å². The third-order valence-electron chi connectivity index (χ3n) is 3.32. The number of pyridine rings is 1. The lowest BCUT2D eigenvalue weighted by molar-refractivity contribution is 0.0977. The van der Waals surface area contributed by atoms with Gasteiger partial charge in [0.1, 0.15) is 17.1 Å². The maximum atomic E-state index is 14.0. The summed E-state index contributed by atoms with van der Waals surface area (Å²) < 4.78 is 19.3. The van der Waals surface area contributed by atoms with E-state index < -0.39 is 11.7 Å². The Kier molecular flexibility index (Phi) is 8.95. The number of primary amides is 1. The minimum Gasteiger partial charge on any atom is -0.448 e. The molecule has 7 heteroatoms. The van der Waals surface area contributed by atoms with Gasteiger partial charge in [-0.05, 0) is 37.1 Å². The second kappa shape index (κ2) is 10.9. The number of nitrogens with one attached hydrogen (secondary N) is 1. The van der Waals surface area contributed by atoms with Crippen molar-refractivity contribution in [2.45, 2.75) is 34.1 Å². The highest BCUT2D eigenvalue weighted by Crippen LogP contribution is 2.33. The van der Waals surface area contributed by atoms with Gasteiger partial charge in [-0.15, -0.1) is 0 Å². The Hall–Kier alpha value is -2.93. The van der Waals surface area contributed by atoms with Crippen LogP contribution in [0.1, 0.15) is 43.3 Å². The third kappa shape index (κ3) is 5.79. The van der Waals surface area contributed by atoms with E-state index >= 15 is 0 Å². The summed E-state index contributed by atoms with van der Waals surface area (Å²) in [4.78, 5) is 15.5. The van der Waals surface area contributed by atoms with Crippen molar-refractivity contribution in [3.8, 4) is 0 Å². The van der Waals surface area contributed by atoms with Gasteiger partial charge in [-0.25, -0.2) is 4.39 Å². The van der Waals surface area contributed by atoms with Crippen LogP contribution in [0, 0.1) is 12.7 Å². The Bertz CT molecular complexity index is 876. The van der Waals surface area contributed by atoms with Crippen molar-refractivity contribution >= 4 is 28.3 Å². The Morgan fingerprint density at radius 2 is 2.00 bits per heavy atom. The molecule has 0 aliphatic rings. The lowest BCUT2D eigenvalue weighted by Crippen LogP contribution is -2.11. The van der Waals surface area contributed by atoms with Crippen molar-refractivity contribution in [1.29, 1.82) is 0 Å². The molecule has 0 aliphatic heterocycles. The molecule has 0 fully saturated rings. The normalized spacial score (nSPS) is 9.70. The average Bonchev–Trinajstić information content (AvgIpc) is 3.05. The van der Waals surface area contributed by atoms with Crippen LogP contribution in [-0.4, -0.2) is 22.6 Å². The predicted octanol–water partition coefficient (Wildman–Crippen LogP) is 4.53. The van der Waals surface area contributed by atoms with E-state index in [-0.39, 0.29) is 11.4 Å². The number of amides is 1. The summed E-state index contributed by atoms with van der Waals surface area (Å²) >= 11 is 0. The SMILES string of the molecule is CC.CCCO.Cc1ccc(Nc2c(C(N)=O)oc3ccncc23)c(F)c1. The number of aromatic nitrogens is 1. The quantitative estimate of drug-likeness (QED) is 0.622. The zero-order valence-electron chi connectivity index (χ0n) is 16.0. The number of fused-ring (bicyclic) bond motifs is 1. The summed E-state index contributed by atoms with van der Waals surface area (Å²) in [7, 11) is 0. The molecule has 4 N–H and O–H groups in total. The number of aliphatic hydroxyl groups excluding tert-OH is 1. The molecule has 0 spiro atoms. The summed E-state index contributed by atoms with van der Waals surface area (Å²) in [6, 6.07) is 6.35. The molecule has 0 bridgehead atoms. The molecule has 3 rings (SSSR count). The smallest absolute Gasteiger partial charge is 0.286 e. The van der Waals surface area contributed by atoms with Gasteiger partial charge in [0.05, 0.1) is 11.1 Å². The van der Waals surface area contributed by atoms with Crippen molar-refractivity contribution < 1.29 is 18.7 Å². The maximum Gasteiger partial charge on any atom is 0.286 e. The van der Waals surface area contributed by atoms with Gasteiger partial charge in [0.25, 0.3) is 5.91 Å². The molecular weight excluding hydrogens is 349 g/mol. The molecule has 1 amide bonds. The van der Waals surface area contributed by atoms with Gasteiger partial charge in [-0.1, -0.05) is 26.8 Å². The largest absolute Gasteiger partial charge is 0.448 e. The molecule has 27 heavy (non-hydrogen) atoms. The molecule has 0 saturated carbocycles. The number of carbonyl (C=O) groups excluding carboxylic acids is 1. The fraction of sp³-hybridized carbons (Fsp3) is 0.300. The zero-order valence-corrected chi connectivity index (χ0v) is 16.0. The Morgan fingerprint density at radius 1 is 1.33 bits per heavy atom. The van der Waals surface area contributed by atoms with Gasteiger partial charge in [0.15, 0.2) is 0 Å². The predicted molar refractivity (Wildman–Crippen MR) is 106 cm³/mol. The first-order chi connectivity index (χ1) is 13.0. The number of nitrogens with zero attached hydrogens (tertiary/aromatic N) is 1. The fourth-order valence-corrected chi connectivity index (χ4v) is 2.10. The zero-order chi connectivity index (χ0) is 20.4. The van der Waals surface area contributed by atoms with E-state index in [4.69, 9.17) is 15.3 Å². The number of hydrogen-bond acceptors (Lipinski definition) is 5. The number of nitrogens with two attached hydrogens (primary N) is 1. The first kappa shape index (κ1) is 22.1. The number of rotatable bonds is 4. The lowest BCUT2D eigenvalue weighted by Gasteiger charge is -2.07. The summed E-state index contributed by atoms with van der Waals surface area (Å²) in [5.41, 5.74) is 7.10. The third-order valence-corrected chi connectivity index (χ3v) is 3.32. The van der Waals surface area contributed by atoms with E-state index in [1.807, 2.05) is 20.8 Å². The van der Waals surface area contributed by atoms with Crippen LogP contribution in [0.2, 0.25) is 0 Å². The number of benzene rings is 1. The molecule has 0 unspecified atom stereocenters. The Balaban J connectivity index is 0.000000541. The van der Waals surface area contributed by atoms with Crippen LogP contribution in [0.5, 0.6) is 0 Å². The summed E-state index contributed by atoms with van der Waals surface area (Å²) in [6.45, 7) is 8.04. The molecule has 0 aliphatic carbocycles. The molecule has 2 heterocycles. The van der Waals surface area contributed by atoms with E-state index in [0.29, 0.717) is 23.3 Å². The van der Waals surface area contributed by atoms with Crippen LogP contribution >= 0.6 is 0 Å². The van der Waals surface area contributed by atoms with E-state index in [2.05, 4.69) is 10.3 Å². The number of anilines is 2. The van der Waals surface area contributed by atoms with E-state index in [0.717, 1.165) is 12.0 Å². The van der Waals surface area contributed by atoms with Gasteiger partial charge in [-0.3, -0.25) is 9.78 Å². The highest BCUT2D eigenvalue weighted by atomic mass is 19.1. The molecule has 0 atom stereocenters. The van der Waals surface area contributed by atoms with Crippen molar-refractivity contribution in [3.05, 3.63) is 53.8 Å². The first-order valence-electron chi connectivity index (χ1n) is 8.78. The topological polar surface area (TPSA) is 101 Å². The van der Waals surface area contributed by atoms with Crippen LogP contribution in [-0.2, 0) is 0 Å². The molecule has 2 aromatic heterocycles. The van der Waals surface area contributed by atoms with Crippen molar-refractivity contribution in [2.24, 2.45) is 5.73 Å². The second-order valence-electron chi connectivity index (χ2n) is 5.37. The molecular formula is C20H26FN3O3. The van der Waals surface area contributed by atoms with Crippen molar-refractivity contribution in [2.75, 3.05) is 11.9 Å². The van der Waals surface area contributed by atoms with Crippen LogP contribution in [0.4, 0.5) is 15.8 Å². The van der Waals surface area contributed by atoms with Crippen LogP contribution in [0.15, 0.2) is 41.1 Å². The van der Waals surface area contributed by atoms with Crippen LogP contribution < -0.4 is 11.1 Å². The first-order valence-corrected chi connectivity index (χ1v) is 8.78. The molecule has 3 aromatic rings. The highest BCUT2D eigenvalue weighted by molar-refractivity contribution is 6.06. The van der Waals surface area contributed by atoms with Gasteiger partial charge < -0.3 is 20.6 Å². The molecule has 6 nitrogen and oxygen atoms in total. The standard InChI is InChI=1S/C15H12FN3O2.C3H8O.C2H6/c1-8-2-3-11(10(16)6-8)19-13-9-7-18-5-4-12(9)21-14(13)15(17)20;1-2-3-4;1-2/h2-7,19H,1H3,(H2,17,20);4H,2-3H2,1H3;1-2H3. The summed E-state index contributed by atoms with van der Waals surface area (Å²) in [6.07, 6.45) is 3.94. The molecule has 146 valence electrons. The number of aryl methyl sites for hydroxylation is 1. The fourth-order valence-electron chi connectivity index (χ4n) is 2.10. The highest BCUT2D eigenvalue weighted by Gasteiger charge is 2.19. The molecule has 0 saturated heterocycles. The maximum absolute atomic E-state index is 14.0. The van der Waals surface area contributed by atoms with Crippen molar-refractivity contribution in [3.63, 3.8) is 0 Å². The minimum atomic E-state index is -0.735. The number of hydrogen-bond donors (Lipinski definition) is 3. The summed E-state index contributed by atoms with van der Waals surface area (Å²) in [5, 5.41) is 11.3. The van der Waals surface area contributed by atoms with Gasteiger partial charge in [-0.2, -0.15) is 0 Å². The van der Waals surface area contributed by atoms with Gasteiger partial charge in [0.2, 0.25) is 5.76 Å². The Morgan fingerprint density at radius 3 is 2.56 bits per heavy atom. The van der Waals surface area contributed by atoms with E-state index in [9.17, 15) is 9.18 Å². The molecule has 0 radical (unpaired) electrons. The monoisotopic (exact) mass is 375 g/mol. The van der Waals surface area contributed by atoms with Crippen LogP contribution in [0.3, 0.4) is 0 Å². The summed E-state index contributed by atoms with van der Waals surface area (Å²) in [5.74, 6) is -1.22. The minimum absolute atomic E-state index is 0.0574. The number of aliphatic hydroxyl groups is 1. The number of carbonyl (C=O) groups is 1. The van der Waals surface area contributed by atoms with Gasteiger partial charge in [0, 0.05) is 19.0 Å². The number of halogens is 1. The van der Waals surface area contributed by atoms with E-state index in [1.54, 1.807) is 25.1 Å². The molecule has 1 aromatic carbocycles. The van der Waals surface area contributed by atoms with Gasteiger partial charge >= 0.3 is 0 Å². The van der Waals surface area contributed by atoms with Crippen molar-refractivity contribution in [1.82, 2.24) is 4.98 Å². The second-order valence-corrected chi connectivity index (χ2v) is 5.37. The van der Waals surface area contributed by atoms with Crippen LogP contribution in [0.25, 0.3) is 11.0 Å². The lowest BCUT2D eigenvalue weighted by atomic mass is 10.2. The average molecular weight is 375 g/mol. The number of furan rings is 1. The Labute approximate surface area is 158 Å².